The minimum Gasteiger partial charge on any atom is -0.388 e. The maximum Gasteiger partial charge on any atom is 0.191 e. The zero-order chi connectivity index (χ0) is 9.03. The summed E-state index contributed by atoms with van der Waals surface area (Å²) in [6.45, 7) is 6.06. The maximum absolute atomic E-state index is 9.64. The van der Waals surface area contributed by atoms with Crippen molar-refractivity contribution in [2.75, 3.05) is 19.6 Å². The molecule has 3 N–H and O–H groups in total. The van der Waals surface area contributed by atoms with Crippen LogP contribution < -0.4 is 10.6 Å². The third-order valence-corrected chi connectivity index (χ3v) is 2.07. The van der Waals surface area contributed by atoms with E-state index in [1.165, 1.54) is 0 Å². The first-order chi connectivity index (χ1) is 5.64. The van der Waals surface area contributed by atoms with Crippen LogP contribution in [0.25, 0.3) is 0 Å². The largest absolute Gasteiger partial charge is 0.388 e. The van der Waals surface area contributed by atoms with E-state index >= 15 is 0 Å². The average Bonchev–Trinajstić information content (AvgIpc) is 2.53. The predicted octanol–water partition coefficient (Wildman–Crippen LogP) is -0.304. The molecular weight excluding hydrogens is 154 g/mol. The van der Waals surface area contributed by atoms with Crippen LogP contribution in [0.3, 0.4) is 0 Å². The van der Waals surface area contributed by atoms with Gasteiger partial charge >= 0.3 is 0 Å². The number of aliphatic imine (C=N–C) groups is 1. The highest BCUT2D eigenvalue weighted by Gasteiger charge is 2.18. The Hall–Kier alpha value is -0.770. The molecule has 0 radical (unpaired) electrons. The second kappa shape index (κ2) is 3.76. The number of nitrogens with zero attached hydrogens (tertiary/aromatic N) is 1. The molecule has 0 amide bonds. The Bertz CT molecular complexity index is 177. The molecule has 1 unspecified atom stereocenters. The fourth-order valence-corrected chi connectivity index (χ4v) is 0.915. The highest BCUT2D eigenvalue weighted by atomic mass is 16.3. The van der Waals surface area contributed by atoms with Crippen LogP contribution >= 0.6 is 0 Å². The van der Waals surface area contributed by atoms with Gasteiger partial charge in [-0.1, -0.05) is 6.92 Å². The van der Waals surface area contributed by atoms with E-state index in [4.69, 9.17) is 0 Å². The molecule has 0 aromatic rings. The van der Waals surface area contributed by atoms with E-state index in [0.717, 1.165) is 25.5 Å². The van der Waals surface area contributed by atoms with Crippen LogP contribution in [0.2, 0.25) is 0 Å². The van der Waals surface area contributed by atoms with Gasteiger partial charge in [-0.3, -0.25) is 4.99 Å². The molecule has 12 heavy (non-hydrogen) atoms. The van der Waals surface area contributed by atoms with Crippen LogP contribution in [0.1, 0.15) is 20.3 Å². The van der Waals surface area contributed by atoms with Gasteiger partial charge in [-0.05, 0) is 13.3 Å². The second-order valence-corrected chi connectivity index (χ2v) is 3.36. The first-order valence-electron chi connectivity index (χ1n) is 4.38. The third kappa shape index (κ3) is 2.70. The molecule has 0 aromatic heterocycles. The van der Waals surface area contributed by atoms with E-state index < -0.39 is 5.60 Å². The zero-order valence-corrected chi connectivity index (χ0v) is 7.72. The molecule has 70 valence electrons. The summed E-state index contributed by atoms with van der Waals surface area (Å²) >= 11 is 0. The van der Waals surface area contributed by atoms with Crippen LogP contribution in [0, 0.1) is 0 Å². The summed E-state index contributed by atoms with van der Waals surface area (Å²) in [4.78, 5) is 4.16. The summed E-state index contributed by atoms with van der Waals surface area (Å²) in [6, 6.07) is 0. The third-order valence-electron chi connectivity index (χ3n) is 2.07. The fraction of sp³-hybridized carbons (Fsp3) is 0.875. The van der Waals surface area contributed by atoms with Gasteiger partial charge in [-0.25, -0.2) is 0 Å². The molecule has 1 aliphatic rings. The van der Waals surface area contributed by atoms with Gasteiger partial charge in [0.05, 0.1) is 12.1 Å². The smallest absolute Gasteiger partial charge is 0.191 e. The molecule has 0 spiro atoms. The highest BCUT2D eigenvalue weighted by molar-refractivity contribution is 5.81. The van der Waals surface area contributed by atoms with Crippen molar-refractivity contribution in [2.24, 2.45) is 4.99 Å². The van der Waals surface area contributed by atoms with E-state index in [-0.39, 0.29) is 0 Å². The van der Waals surface area contributed by atoms with Crippen LogP contribution in [-0.2, 0) is 0 Å². The van der Waals surface area contributed by atoms with Gasteiger partial charge in [0.15, 0.2) is 5.96 Å². The Morgan fingerprint density at radius 3 is 3.00 bits per heavy atom. The van der Waals surface area contributed by atoms with Crippen LogP contribution in [0.5, 0.6) is 0 Å². The number of aliphatic hydroxyl groups is 1. The molecular formula is C8H17N3O. The minimum atomic E-state index is -0.632. The number of hydrogen-bond acceptors (Lipinski definition) is 4. The lowest BCUT2D eigenvalue weighted by Gasteiger charge is -2.21. The SMILES string of the molecule is CCC(C)(O)CNC1=NCCN1. The van der Waals surface area contributed by atoms with Crippen LogP contribution in [0.15, 0.2) is 4.99 Å². The summed E-state index contributed by atoms with van der Waals surface area (Å²) in [6.07, 6.45) is 0.743. The summed E-state index contributed by atoms with van der Waals surface area (Å²) in [5, 5.41) is 15.8. The van der Waals surface area contributed by atoms with Gasteiger partial charge in [0.2, 0.25) is 0 Å². The van der Waals surface area contributed by atoms with Crippen molar-refractivity contribution in [1.29, 1.82) is 0 Å². The van der Waals surface area contributed by atoms with Crippen molar-refractivity contribution in [1.82, 2.24) is 10.6 Å². The monoisotopic (exact) mass is 171 g/mol. The molecule has 0 saturated heterocycles. The molecule has 0 aliphatic carbocycles. The number of guanidine groups is 1. The van der Waals surface area contributed by atoms with E-state index in [2.05, 4.69) is 15.6 Å². The first kappa shape index (κ1) is 9.32. The summed E-state index contributed by atoms with van der Waals surface area (Å²) in [5.74, 6) is 0.809. The zero-order valence-electron chi connectivity index (χ0n) is 7.72. The molecule has 1 aliphatic heterocycles. The molecule has 4 heteroatoms. The molecule has 0 saturated carbocycles. The lowest BCUT2D eigenvalue weighted by atomic mass is 10.0. The minimum absolute atomic E-state index is 0.551. The van der Waals surface area contributed by atoms with E-state index in [9.17, 15) is 5.11 Å². The summed E-state index contributed by atoms with van der Waals surface area (Å²) in [5.41, 5.74) is -0.632. The van der Waals surface area contributed by atoms with Crippen molar-refractivity contribution < 1.29 is 5.11 Å². The highest BCUT2D eigenvalue weighted by Crippen LogP contribution is 2.05. The maximum atomic E-state index is 9.64. The molecule has 1 rings (SSSR count). The first-order valence-corrected chi connectivity index (χ1v) is 4.38. The normalized spacial score (nSPS) is 21.1. The van der Waals surface area contributed by atoms with Crippen molar-refractivity contribution in [3.63, 3.8) is 0 Å². The van der Waals surface area contributed by atoms with Gasteiger partial charge in [0.25, 0.3) is 0 Å². The summed E-state index contributed by atoms with van der Waals surface area (Å²) < 4.78 is 0. The molecule has 0 aromatic carbocycles. The van der Waals surface area contributed by atoms with E-state index in [1.54, 1.807) is 0 Å². The lowest BCUT2D eigenvalue weighted by Crippen LogP contribution is -2.43. The lowest BCUT2D eigenvalue weighted by molar-refractivity contribution is 0.0604. The van der Waals surface area contributed by atoms with Gasteiger partial charge in [-0.15, -0.1) is 0 Å². The quantitative estimate of drug-likeness (QED) is 0.546. The van der Waals surface area contributed by atoms with Gasteiger partial charge in [0.1, 0.15) is 0 Å². The molecule has 0 fully saturated rings. The predicted molar refractivity (Wildman–Crippen MR) is 49.2 cm³/mol. The van der Waals surface area contributed by atoms with Gasteiger partial charge < -0.3 is 15.7 Å². The Balaban J connectivity index is 2.24. The fourth-order valence-electron chi connectivity index (χ4n) is 0.915. The standard InChI is InChI=1S/C8H17N3O/c1-3-8(2,12)6-11-7-9-4-5-10-7/h12H,3-6H2,1-2H3,(H2,9,10,11). The van der Waals surface area contributed by atoms with E-state index in [0.29, 0.717) is 6.54 Å². The van der Waals surface area contributed by atoms with Gasteiger partial charge in [-0.2, -0.15) is 0 Å². The molecule has 1 atom stereocenters. The molecule has 4 nitrogen and oxygen atoms in total. The topological polar surface area (TPSA) is 56.6 Å². The van der Waals surface area contributed by atoms with Crippen molar-refractivity contribution in [3.8, 4) is 0 Å². The van der Waals surface area contributed by atoms with Crippen LogP contribution in [0.4, 0.5) is 0 Å². The number of nitrogens with one attached hydrogen (secondary N) is 2. The van der Waals surface area contributed by atoms with Crippen molar-refractivity contribution >= 4 is 5.96 Å². The Labute approximate surface area is 73.1 Å². The van der Waals surface area contributed by atoms with E-state index in [1.807, 2.05) is 13.8 Å². The van der Waals surface area contributed by atoms with Crippen LogP contribution in [-0.4, -0.2) is 36.3 Å². The summed E-state index contributed by atoms with van der Waals surface area (Å²) in [7, 11) is 0. The molecule has 0 bridgehead atoms. The van der Waals surface area contributed by atoms with Gasteiger partial charge in [0, 0.05) is 13.1 Å². The Morgan fingerprint density at radius 1 is 1.75 bits per heavy atom. The number of rotatable bonds is 3. The van der Waals surface area contributed by atoms with Crippen molar-refractivity contribution in [3.05, 3.63) is 0 Å². The Kier molecular flexibility index (Phi) is 2.92. The van der Waals surface area contributed by atoms with Crippen molar-refractivity contribution in [2.45, 2.75) is 25.9 Å². The average molecular weight is 171 g/mol. The second-order valence-electron chi connectivity index (χ2n) is 3.36. The number of hydrogen-bond donors (Lipinski definition) is 3. The molecule has 1 heterocycles. The Morgan fingerprint density at radius 2 is 2.50 bits per heavy atom.